The Labute approximate surface area is 299 Å². The number of amides is 2. The van der Waals surface area contributed by atoms with Gasteiger partial charge >= 0.3 is 5.97 Å². The van der Waals surface area contributed by atoms with Crippen molar-refractivity contribution in [3.63, 3.8) is 0 Å². The molecule has 0 saturated heterocycles. The molecule has 266 valence electrons. The van der Waals surface area contributed by atoms with E-state index in [1.807, 2.05) is 54.6 Å². The molecule has 0 aliphatic carbocycles. The summed E-state index contributed by atoms with van der Waals surface area (Å²) in [7, 11) is 0. The van der Waals surface area contributed by atoms with Gasteiger partial charge in [0.1, 0.15) is 17.8 Å². The van der Waals surface area contributed by atoms with Gasteiger partial charge in [-0.1, -0.05) is 104 Å². The minimum Gasteiger partial charge on any atom is -0.494 e. The van der Waals surface area contributed by atoms with E-state index >= 15 is 0 Å². The number of hydrogen-bond donors (Lipinski definition) is 3. The molecule has 4 rings (SSSR count). The predicted molar refractivity (Wildman–Crippen MR) is 200 cm³/mol. The predicted octanol–water partition coefficient (Wildman–Crippen LogP) is 8.09. The summed E-state index contributed by atoms with van der Waals surface area (Å²) >= 11 is 1.38. The molecule has 2 aromatic carbocycles. The second-order valence-corrected chi connectivity index (χ2v) is 15.1. The Hall–Kier alpha value is -4.57. The SMILES string of the molecule is CCCCCCCOc1ccc(-c2cnc(-c3ccc(C[C@H](NC(=O)c4ccc(C(C)(C)C)s4)C(=O)N[C@@H](C(=O)O)C(C)C)cc3)nc2)cc1. The zero-order valence-corrected chi connectivity index (χ0v) is 30.8. The Morgan fingerprint density at radius 2 is 1.46 bits per heavy atom. The minimum absolute atomic E-state index is 0.120. The van der Waals surface area contributed by atoms with Gasteiger partial charge in [-0.3, -0.25) is 9.59 Å². The fourth-order valence-electron chi connectivity index (χ4n) is 5.36. The van der Waals surface area contributed by atoms with E-state index in [-0.39, 0.29) is 23.7 Å². The van der Waals surface area contributed by atoms with Crippen molar-refractivity contribution in [2.45, 2.75) is 97.6 Å². The molecule has 0 aliphatic heterocycles. The molecule has 0 saturated carbocycles. The zero-order chi connectivity index (χ0) is 36.3. The molecule has 0 fully saturated rings. The Bertz CT molecular complexity index is 1690. The molecule has 2 heterocycles. The molecule has 0 aliphatic rings. The second-order valence-electron chi connectivity index (χ2n) is 14.0. The van der Waals surface area contributed by atoms with Crippen LogP contribution in [0.5, 0.6) is 5.75 Å². The summed E-state index contributed by atoms with van der Waals surface area (Å²) in [6, 6.07) is 17.0. The van der Waals surface area contributed by atoms with Crippen LogP contribution in [0.2, 0.25) is 0 Å². The summed E-state index contributed by atoms with van der Waals surface area (Å²) in [6.45, 7) is 12.6. The van der Waals surface area contributed by atoms with E-state index < -0.39 is 24.0 Å². The van der Waals surface area contributed by atoms with Gasteiger partial charge in [0.2, 0.25) is 5.91 Å². The Morgan fingerprint density at radius 1 is 0.820 bits per heavy atom. The van der Waals surface area contributed by atoms with Crippen LogP contribution in [-0.2, 0) is 21.4 Å². The van der Waals surface area contributed by atoms with Gasteiger partial charge < -0.3 is 20.5 Å². The Kier molecular flexibility index (Phi) is 13.7. The van der Waals surface area contributed by atoms with Gasteiger partial charge in [0.25, 0.3) is 5.91 Å². The van der Waals surface area contributed by atoms with Crippen LogP contribution in [0.15, 0.2) is 73.1 Å². The first-order valence-corrected chi connectivity index (χ1v) is 18.3. The van der Waals surface area contributed by atoms with Crippen molar-refractivity contribution in [2.24, 2.45) is 5.92 Å². The molecular weight excluding hydrogens is 649 g/mol. The van der Waals surface area contributed by atoms with Crippen molar-refractivity contribution in [3.8, 4) is 28.3 Å². The number of nitrogens with zero attached hydrogens (tertiary/aromatic N) is 2. The summed E-state index contributed by atoms with van der Waals surface area (Å²) in [5.74, 6) is -1.00. The van der Waals surface area contributed by atoms with E-state index in [0.717, 1.165) is 45.9 Å². The number of carbonyl (C=O) groups excluding carboxylic acids is 2. The molecule has 50 heavy (non-hydrogen) atoms. The summed E-state index contributed by atoms with van der Waals surface area (Å²) in [5.41, 5.74) is 3.35. The first-order chi connectivity index (χ1) is 23.8. The Balaban J connectivity index is 1.42. The molecule has 10 heteroatoms. The first-order valence-electron chi connectivity index (χ1n) is 17.4. The quantitative estimate of drug-likeness (QED) is 0.0951. The van der Waals surface area contributed by atoms with Crippen LogP contribution in [0.4, 0.5) is 0 Å². The topological polar surface area (TPSA) is 131 Å². The number of nitrogens with one attached hydrogen (secondary N) is 2. The second kappa shape index (κ2) is 17.9. The van der Waals surface area contributed by atoms with Crippen molar-refractivity contribution in [3.05, 3.63) is 88.4 Å². The van der Waals surface area contributed by atoms with Crippen LogP contribution in [0.1, 0.15) is 93.8 Å². The number of hydrogen-bond acceptors (Lipinski definition) is 7. The lowest BCUT2D eigenvalue weighted by atomic mass is 9.95. The molecule has 0 spiro atoms. The normalized spacial score (nSPS) is 12.7. The van der Waals surface area contributed by atoms with Gasteiger partial charge in [0.15, 0.2) is 5.82 Å². The molecule has 0 unspecified atom stereocenters. The molecule has 3 N–H and O–H groups in total. The highest BCUT2D eigenvalue weighted by atomic mass is 32.1. The van der Waals surface area contributed by atoms with Crippen LogP contribution < -0.4 is 15.4 Å². The summed E-state index contributed by atoms with van der Waals surface area (Å²) in [5, 5.41) is 15.1. The number of ether oxygens (including phenoxy) is 1. The average molecular weight is 699 g/mol. The number of carboxylic acid groups (broad SMARTS) is 1. The highest BCUT2D eigenvalue weighted by molar-refractivity contribution is 7.14. The standard InChI is InChI=1S/C40H50N4O5S/c1-7-8-9-10-11-22-49-31-18-16-28(17-19-31)30-24-41-36(42-25-30)29-14-12-27(13-15-29)23-32(37(45)44-35(26(2)3)39(47)48)43-38(46)33-20-21-34(50-33)40(4,5)6/h12-21,24-26,32,35H,7-11,22-23H2,1-6H3,(H,43,46)(H,44,45)(H,47,48)/t32-,35+/m0/s1. The smallest absolute Gasteiger partial charge is 0.326 e. The maximum atomic E-state index is 13.4. The Morgan fingerprint density at radius 3 is 2.04 bits per heavy atom. The third kappa shape index (κ3) is 11.0. The van der Waals surface area contributed by atoms with E-state index in [9.17, 15) is 19.5 Å². The number of rotatable bonds is 17. The highest BCUT2D eigenvalue weighted by Crippen LogP contribution is 2.29. The molecule has 9 nitrogen and oxygen atoms in total. The fraction of sp³-hybridized carbons (Fsp3) is 0.425. The van der Waals surface area contributed by atoms with Gasteiger partial charge in [0.05, 0.1) is 11.5 Å². The van der Waals surface area contributed by atoms with Crippen LogP contribution in [-0.4, -0.2) is 51.5 Å². The summed E-state index contributed by atoms with van der Waals surface area (Å²) < 4.78 is 5.89. The number of carbonyl (C=O) groups is 3. The zero-order valence-electron chi connectivity index (χ0n) is 30.0. The molecule has 4 aromatic rings. The van der Waals surface area contributed by atoms with Crippen LogP contribution in [0, 0.1) is 5.92 Å². The molecule has 0 radical (unpaired) electrons. The molecular formula is C40H50N4O5S. The van der Waals surface area contributed by atoms with Crippen LogP contribution in [0.25, 0.3) is 22.5 Å². The largest absolute Gasteiger partial charge is 0.494 e. The number of thiophene rings is 1. The van der Waals surface area contributed by atoms with E-state index in [1.54, 1.807) is 32.3 Å². The van der Waals surface area contributed by atoms with E-state index in [2.05, 4.69) is 48.3 Å². The molecule has 2 amide bonds. The maximum Gasteiger partial charge on any atom is 0.326 e. The van der Waals surface area contributed by atoms with Crippen molar-refractivity contribution in [1.82, 2.24) is 20.6 Å². The minimum atomic E-state index is -1.13. The lowest BCUT2D eigenvalue weighted by molar-refractivity contribution is -0.143. The monoisotopic (exact) mass is 698 g/mol. The number of unbranched alkanes of at least 4 members (excludes halogenated alkanes) is 4. The lowest BCUT2D eigenvalue weighted by Gasteiger charge is -2.23. The van der Waals surface area contributed by atoms with Gasteiger partial charge in [-0.2, -0.15) is 0 Å². The number of aromatic nitrogens is 2. The number of carboxylic acids is 1. The lowest BCUT2D eigenvalue weighted by Crippen LogP contribution is -2.53. The van der Waals surface area contributed by atoms with Gasteiger partial charge in [-0.25, -0.2) is 14.8 Å². The van der Waals surface area contributed by atoms with Gasteiger partial charge in [-0.05, 0) is 53.1 Å². The van der Waals surface area contributed by atoms with E-state index in [1.165, 1.54) is 37.0 Å². The number of aliphatic carboxylic acids is 1. The third-order valence-corrected chi connectivity index (χ3v) is 9.94. The first kappa shape index (κ1) is 38.2. The highest BCUT2D eigenvalue weighted by Gasteiger charge is 2.29. The van der Waals surface area contributed by atoms with Crippen LogP contribution >= 0.6 is 11.3 Å². The van der Waals surface area contributed by atoms with Crippen molar-refractivity contribution in [1.29, 1.82) is 0 Å². The van der Waals surface area contributed by atoms with Gasteiger partial charge in [0, 0.05) is 34.8 Å². The fourth-order valence-corrected chi connectivity index (χ4v) is 6.33. The molecule has 2 atom stereocenters. The summed E-state index contributed by atoms with van der Waals surface area (Å²) in [6.07, 6.45) is 9.75. The van der Waals surface area contributed by atoms with Crippen molar-refractivity contribution >= 4 is 29.1 Å². The van der Waals surface area contributed by atoms with Crippen molar-refractivity contribution in [2.75, 3.05) is 6.61 Å². The number of benzene rings is 2. The summed E-state index contributed by atoms with van der Waals surface area (Å²) in [4.78, 5) is 49.3. The average Bonchev–Trinajstić information content (AvgIpc) is 3.61. The van der Waals surface area contributed by atoms with Crippen molar-refractivity contribution < 1.29 is 24.2 Å². The van der Waals surface area contributed by atoms with E-state index in [4.69, 9.17) is 4.74 Å². The maximum absolute atomic E-state index is 13.4. The van der Waals surface area contributed by atoms with Gasteiger partial charge in [-0.15, -0.1) is 11.3 Å². The third-order valence-electron chi connectivity index (χ3n) is 8.43. The van der Waals surface area contributed by atoms with E-state index in [0.29, 0.717) is 10.7 Å². The molecule has 2 aromatic heterocycles. The van der Waals surface area contributed by atoms with Crippen LogP contribution in [0.3, 0.4) is 0 Å². The molecule has 0 bridgehead atoms.